The van der Waals surface area contributed by atoms with Crippen LogP contribution >= 0.6 is 31.1 Å². The van der Waals surface area contributed by atoms with E-state index in [9.17, 15) is 47.4 Å². The van der Waals surface area contributed by atoms with Gasteiger partial charge in [-0.3, -0.25) is 22.9 Å². The van der Waals surface area contributed by atoms with E-state index in [0.717, 1.165) is 11.1 Å². The summed E-state index contributed by atoms with van der Waals surface area (Å²) in [4.78, 5) is 68.7. The minimum Gasteiger partial charge on any atom is -0.481 e. The van der Waals surface area contributed by atoms with E-state index >= 15 is 0 Å². The van der Waals surface area contributed by atoms with Gasteiger partial charge < -0.3 is 38.9 Å². The molecule has 2 aromatic carbocycles. The molecule has 0 radical (unpaired) electrons. The number of carboxylic acid groups (broad SMARTS) is 1. The molecule has 0 amide bonds. The molecular weight excluding hydrogens is 802 g/mol. The quantitative estimate of drug-likeness (QED) is 0.0985. The van der Waals surface area contributed by atoms with Gasteiger partial charge in [0.1, 0.15) is 24.0 Å². The van der Waals surface area contributed by atoms with Crippen molar-refractivity contribution in [2.45, 2.75) is 50.6 Å². The Labute approximate surface area is 305 Å². The number of aromatic nitrogens is 3. The van der Waals surface area contributed by atoms with Crippen molar-refractivity contribution >= 4 is 42.7 Å². The number of imidazole rings is 1. The van der Waals surface area contributed by atoms with E-state index in [1.54, 1.807) is 42.6 Å². The van der Waals surface area contributed by atoms with Gasteiger partial charge in [0.15, 0.2) is 12.5 Å². The zero-order chi connectivity index (χ0) is 39.1. The summed E-state index contributed by atoms with van der Waals surface area (Å²) < 4.78 is 87.1. The Balaban J connectivity index is 1.18. The third-order valence-electron chi connectivity index (χ3n) is 7.93. The molecule has 2 fully saturated rings. The number of phosphoric acid groups is 3. The lowest BCUT2D eigenvalue weighted by Gasteiger charge is -2.23. The van der Waals surface area contributed by atoms with Crippen LogP contribution in [0, 0.1) is 6.92 Å². The van der Waals surface area contributed by atoms with E-state index in [4.69, 9.17) is 23.8 Å². The number of rotatable bonds is 16. The molecule has 21 nitrogen and oxygen atoms in total. The Morgan fingerprint density at radius 2 is 1.56 bits per heavy atom. The van der Waals surface area contributed by atoms with Crippen LogP contribution in [0.4, 0.5) is 0 Å². The molecule has 2 aliphatic heterocycles. The molecule has 6 unspecified atom stereocenters. The van der Waals surface area contributed by atoms with Gasteiger partial charge in [0.25, 0.3) is 0 Å². The summed E-state index contributed by atoms with van der Waals surface area (Å²) in [5.74, 6) is -1.35. The number of ether oxygens (including phenoxy) is 3. The van der Waals surface area contributed by atoms with Crippen molar-refractivity contribution in [1.29, 1.82) is 0 Å². The predicted molar refractivity (Wildman–Crippen MR) is 183 cm³/mol. The lowest BCUT2D eigenvalue weighted by atomic mass is 10.1. The Bertz CT molecular complexity index is 2280. The van der Waals surface area contributed by atoms with Crippen molar-refractivity contribution in [3.63, 3.8) is 0 Å². The standard InChI is InChI=1S/C29H33N3O18P4/c1-18-7-5-10-20(15-18)21-16-32-23(30-21)12-13-31(29(32)35)27-26-25(46-28(47-26)19-8-3-2-4-9-19)22(45-27)17-44-52(38,39)49-54(42,43)50-53(40,41)48-51(36,37)14-6-11-24(33)34/h2-5,7-10,12-13,15-16,22,25-28H,6,11,14,17H2,1H3,(H,33,34)(H,36,37)(H,38,39)(H,40,41)(H,42,43)/t22-,25?,26+,27-,28?/m1/s1. The Kier molecular flexibility index (Phi) is 11.8. The molecule has 2 aromatic heterocycles. The van der Waals surface area contributed by atoms with Crippen molar-refractivity contribution in [2.24, 2.45) is 0 Å². The lowest BCUT2D eigenvalue weighted by molar-refractivity contribution is -0.154. The fourth-order valence-corrected chi connectivity index (χ4v) is 11.3. The third kappa shape index (κ3) is 9.78. The molecule has 292 valence electrons. The SMILES string of the molecule is Cc1cccc(-c2cn3c(=O)n([C@@H]4O[C@H](COP(=O)(O)OP(=O)(O)OP(=O)(O)OP(=O)(O)CCCC(=O)O)C5OC(c6ccccc6)O[C@@H]54)ccc3n2)c1. The summed E-state index contributed by atoms with van der Waals surface area (Å²) in [5, 5.41) is 8.64. The van der Waals surface area contributed by atoms with Gasteiger partial charge in [0, 0.05) is 29.9 Å². The molecule has 25 heteroatoms. The number of carbonyl (C=O) groups is 1. The maximum Gasteiger partial charge on any atom is 0.490 e. The number of fused-ring (bicyclic) bond motifs is 2. The number of aliphatic carboxylic acids is 1. The topological polar surface area (TPSA) is 290 Å². The van der Waals surface area contributed by atoms with Crippen molar-refractivity contribution < 1.29 is 79.4 Å². The normalized spacial score (nSPS) is 25.7. The van der Waals surface area contributed by atoms with Crippen LogP contribution in [0.15, 0.2) is 77.9 Å². The van der Waals surface area contributed by atoms with Gasteiger partial charge in [-0.1, -0.05) is 54.1 Å². The van der Waals surface area contributed by atoms with Crippen molar-refractivity contribution in [3.05, 3.63) is 94.7 Å². The van der Waals surface area contributed by atoms with Gasteiger partial charge in [-0.25, -0.2) is 27.8 Å². The number of nitrogens with zero attached hydrogens (tertiary/aromatic N) is 3. The molecular formula is C29H33N3O18P4. The molecule has 4 aromatic rings. The zero-order valence-electron chi connectivity index (χ0n) is 27.8. The summed E-state index contributed by atoms with van der Waals surface area (Å²) in [5.41, 5.74) is 2.63. The number of hydrogen-bond donors (Lipinski definition) is 5. The van der Waals surface area contributed by atoms with Crippen LogP contribution in [0.2, 0.25) is 0 Å². The zero-order valence-corrected chi connectivity index (χ0v) is 31.4. The number of benzene rings is 2. The van der Waals surface area contributed by atoms with Crippen molar-refractivity contribution in [2.75, 3.05) is 12.8 Å². The number of hydrogen-bond acceptors (Lipinski definition) is 14. The smallest absolute Gasteiger partial charge is 0.481 e. The summed E-state index contributed by atoms with van der Waals surface area (Å²) >= 11 is 0. The molecule has 0 aliphatic carbocycles. The van der Waals surface area contributed by atoms with Gasteiger partial charge in [0.2, 0.25) is 0 Å². The van der Waals surface area contributed by atoms with Gasteiger partial charge in [0.05, 0.1) is 18.5 Å². The van der Waals surface area contributed by atoms with Crippen LogP contribution in [0.1, 0.15) is 36.5 Å². The van der Waals surface area contributed by atoms with E-state index in [2.05, 4.69) is 17.9 Å². The number of aryl methyl sites for hydroxylation is 1. The molecule has 5 N–H and O–H groups in total. The van der Waals surface area contributed by atoms with E-state index in [1.165, 1.54) is 15.2 Å². The first-order valence-corrected chi connectivity index (χ1v) is 22.0. The van der Waals surface area contributed by atoms with E-state index in [-0.39, 0.29) is 0 Å². The van der Waals surface area contributed by atoms with Crippen molar-refractivity contribution in [3.8, 4) is 11.3 Å². The Hall–Kier alpha value is -3.19. The fraction of sp³-hybridized carbons (Fsp3) is 0.345. The van der Waals surface area contributed by atoms with Crippen molar-refractivity contribution in [1.82, 2.24) is 14.0 Å². The van der Waals surface area contributed by atoms with Gasteiger partial charge in [-0.15, -0.1) is 0 Å². The average Bonchev–Trinajstić information content (AvgIpc) is 3.77. The molecule has 9 atom stereocenters. The molecule has 0 bridgehead atoms. The largest absolute Gasteiger partial charge is 0.490 e. The molecule has 6 rings (SSSR count). The lowest BCUT2D eigenvalue weighted by Crippen LogP contribution is -2.35. The maximum absolute atomic E-state index is 13.8. The van der Waals surface area contributed by atoms with Crippen LogP contribution in [-0.4, -0.2) is 75.7 Å². The van der Waals surface area contributed by atoms with E-state index < -0.39 is 99.2 Å². The van der Waals surface area contributed by atoms with Crippen LogP contribution < -0.4 is 5.69 Å². The van der Waals surface area contributed by atoms with Crippen LogP contribution in [-0.2, 0) is 54.7 Å². The Morgan fingerprint density at radius 1 is 0.870 bits per heavy atom. The summed E-state index contributed by atoms with van der Waals surface area (Å²) in [6.45, 7) is 1.01. The second kappa shape index (κ2) is 15.7. The highest BCUT2D eigenvalue weighted by molar-refractivity contribution is 7.70. The molecule has 0 saturated carbocycles. The summed E-state index contributed by atoms with van der Waals surface area (Å²) in [6.07, 6.45) is -4.67. The first-order valence-electron chi connectivity index (χ1n) is 15.8. The minimum atomic E-state index is -6.06. The minimum absolute atomic E-state index is 0.333. The highest BCUT2D eigenvalue weighted by Gasteiger charge is 2.55. The Morgan fingerprint density at radius 3 is 2.26 bits per heavy atom. The second-order valence-electron chi connectivity index (χ2n) is 12.0. The molecule has 2 saturated heterocycles. The molecule has 0 spiro atoms. The van der Waals surface area contributed by atoms with Gasteiger partial charge in [-0.05, 0) is 25.5 Å². The molecule has 54 heavy (non-hydrogen) atoms. The molecule has 2 aliphatic rings. The van der Waals surface area contributed by atoms with Gasteiger partial charge in [-0.2, -0.15) is 8.62 Å². The fourth-order valence-electron chi connectivity index (χ4n) is 5.71. The predicted octanol–water partition coefficient (Wildman–Crippen LogP) is 4.27. The molecule has 4 heterocycles. The number of phosphoric ester groups is 1. The van der Waals surface area contributed by atoms with Crippen LogP contribution in [0.3, 0.4) is 0 Å². The van der Waals surface area contributed by atoms with Crippen LogP contribution in [0.25, 0.3) is 16.9 Å². The van der Waals surface area contributed by atoms with E-state index in [1.807, 2.05) is 31.2 Å². The first kappa shape index (κ1) is 40.5. The average molecular weight is 835 g/mol. The van der Waals surface area contributed by atoms with Crippen LogP contribution in [0.5, 0.6) is 0 Å². The highest BCUT2D eigenvalue weighted by atomic mass is 31.3. The second-order valence-corrected chi connectivity index (χ2v) is 18.8. The first-order chi connectivity index (χ1) is 25.3. The third-order valence-corrected chi connectivity index (χ3v) is 14.4. The van der Waals surface area contributed by atoms with E-state index in [0.29, 0.717) is 16.9 Å². The number of carboxylic acids is 1. The summed E-state index contributed by atoms with van der Waals surface area (Å²) in [6, 6.07) is 17.8. The van der Waals surface area contributed by atoms with Gasteiger partial charge >= 0.3 is 42.7 Å². The monoisotopic (exact) mass is 835 g/mol. The highest BCUT2D eigenvalue weighted by Crippen LogP contribution is 2.71. The summed E-state index contributed by atoms with van der Waals surface area (Å²) in [7, 11) is -22.8. The maximum atomic E-state index is 13.8.